The van der Waals surface area contributed by atoms with Crippen LogP contribution in [0.4, 0.5) is 36.4 Å². The number of esters is 2. The number of nitrogens with two attached hydrogens (primary N) is 5. The molecule has 4 aromatic carbocycles. The van der Waals surface area contributed by atoms with Gasteiger partial charge in [-0.15, -0.1) is 0 Å². The van der Waals surface area contributed by atoms with Crippen molar-refractivity contribution in [1.82, 2.24) is 59.9 Å². The van der Waals surface area contributed by atoms with Crippen LogP contribution in [-0.4, -0.2) is 205 Å². The molecule has 0 radical (unpaired) electrons. The molecule has 13 N–H and O–H groups in total. The maximum atomic E-state index is 12.8. The second-order valence-electron chi connectivity index (χ2n) is 34.9. The molecule has 2 aliphatic rings. The number of aromatic carboxylic acids is 1. The van der Waals surface area contributed by atoms with Crippen LogP contribution in [0.2, 0.25) is 0 Å². The number of aldehydes is 1. The molecule has 16 aromatic rings. The SMILES string of the molecule is CN1CCNCC1.COC(=O)c1ccc(-c2cc(C)c3oc(CCC(=O)/C=C/c4ccc(N)nc4)cc3c2)nc1.COC(=O)c1ccc(-c2cc(C)c3oc(CN)cc3c2)nc1.Cc1cc(-c2ccc(C(=O)N3CCN(C)CC3)cn2)cc2cc(CCC(=O)/C=C/c3ccc(N)nc3)oc12.Cc1cc(-c2ccc(C(=O)O)cn2)cc2cc(CCC(=O)/C=C/c3ccc(N)nc3)oc12.Nc1ccc(/C=C/C(=O)O)cn1.O=CC(F)(F)F. The first-order valence-corrected chi connectivity index (χ1v) is 47.3. The van der Waals surface area contributed by atoms with Crippen molar-refractivity contribution in [3.05, 3.63) is 334 Å². The number of amides is 1. The van der Waals surface area contributed by atoms with Gasteiger partial charge in [-0.3, -0.25) is 43.9 Å². The van der Waals surface area contributed by atoms with Crippen molar-refractivity contribution in [3.63, 3.8) is 0 Å². The largest absolute Gasteiger partial charge is 0.478 e. The number of nitrogens with zero attached hydrogens (tertiary/aromatic N) is 11. The number of ether oxygens (including phenoxy) is 2. The summed E-state index contributed by atoms with van der Waals surface area (Å²) in [5.41, 5.74) is 46.2. The van der Waals surface area contributed by atoms with E-state index in [-0.39, 0.29) is 28.8 Å². The summed E-state index contributed by atoms with van der Waals surface area (Å²) in [7, 11) is 6.91. The molecule has 14 heterocycles. The average Bonchev–Trinajstić information content (AvgIpc) is 1.65. The summed E-state index contributed by atoms with van der Waals surface area (Å²) in [5, 5.41) is 24.4. The number of hydrogen-bond acceptors (Lipinski definition) is 31. The molecule has 0 atom stereocenters. The number of nitrogens with one attached hydrogen (secondary N) is 1. The summed E-state index contributed by atoms with van der Waals surface area (Å²) in [5.74, 6) is 1.94. The first-order chi connectivity index (χ1) is 71.9. The summed E-state index contributed by atoms with van der Waals surface area (Å²) in [4.78, 5) is 142. The minimum absolute atomic E-state index is 0.000382. The third kappa shape index (κ3) is 33.0. The first kappa shape index (κ1) is 111. The van der Waals surface area contributed by atoms with Crippen LogP contribution in [0.3, 0.4) is 0 Å². The molecule has 1 amide bonds. The average molecular weight is 2040 g/mol. The number of fused-ring (bicyclic) bond motifs is 4. The lowest BCUT2D eigenvalue weighted by Crippen LogP contribution is -2.47. The number of alkyl halides is 3. The van der Waals surface area contributed by atoms with Crippen LogP contribution in [0, 0.1) is 27.7 Å². The van der Waals surface area contributed by atoms with Gasteiger partial charge in [0.2, 0.25) is 6.29 Å². The van der Waals surface area contributed by atoms with Crippen molar-refractivity contribution < 1.29 is 93.7 Å². The van der Waals surface area contributed by atoms with E-state index in [1.54, 1.807) is 122 Å². The van der Waals surface area contributed by atoms with Crippen molar-refractivity contribution in [2.45, 2.75) is 78.9 Å². The lowest BCUT2D eigenvalue weighted by atomic mass is 10.0. The minimum atomic E-state index is -4.64. The summed E-state index contributed by atoms with van der Waals surface area (Å²) in [6.07, 6.45) is 21.5. The molecule has 18 rings (SSSR count). The fourth-order valence-electron chi connectivity index (χ4n) is 15.3. The number of aromatic nitrogens is 8. The standard InChI is InChI=1S/C30H31N5O3.C26H23N3O4.C25H21N3O4.C17H16N2O3.C8H8N2O2.C5H12N2.C2HF3O/c1-20-15-23(27-9-5-22(19-32-27)30(37)35-13-11-34(2)12-14-35)16-24-17-26(38-29(20)24)8-7-25(36)6-3-21-4-10-28(31)33-18-21;1-16-11-19(23-9-5-18(15-28-23)26(31)32-2)12-20-13-22(33-25(16)20)8-7-21(30)6-3-17-4-10-24(27)29-14-17;1-15-10-18(22-8-4-17(14-27-22)25(30)31)11-19-12-21(32-24(15)19)7-6-20(29)5-2-16-3-9-23(26)28-13-16;1-10-5-12(6-13-7-14(8-18)22-16(10)13)15-4-3-11(9-19-15)17(20)21-2;9-7-3-1-6(5-10-7)2-4-8(11)12;1-7-4-2-6-3-5-7;3-2(4,5)1-6/h3-6,9-10,15-19H,7-8,11-14H2,1-2H3,(H2,31,33);3-6,9-15H,7-8H2,1-2H3,(H2,27,29);2-5,8-14H,6-7H2,1H3,(H2,26,28)(H,30,31);3-7,9H,8,18H2,1-2H3;1-5H,(H2,9,10)(H,11,12);6H,2-5H2,1H3;1H/b2*6-3+;5-2+;;4-2+;;. The van der Waals surface area contributed by atoms with Crippen LogP contribution in [0.1, 0.15) is 128 Å². The third-order valence-electron chi connectivity index (χ3n) is 23.3. The van der Waals surface area contributed by atoms with Gasteiger partial charge in [-0.25, -0.2) is 39.1 Å². The maximum Gasteiger partial charge on any atom is 0.446 e. The molecule has 2 aliphatic heterocycles. The number of nitrogen functional groups attached to an aromatic ring is 4. The van der Waals surface area contributed by atoms with Crippen molar-refractivity contribution in [1.29, 1.82) is 0 Å². The van der Waals surface area contributed by atoms with Crippen LogP contribution < -0.4 is 34.0 Å². The van der Waals surface area contributed by atoms with Gasteiger partial charge in [0, 0.05) is 190 Å². The number of allylic oxidation sites excluding steroid dienone is 3. The van der Waals surface area contributed by atoms with Gasteiger partial charge in [0.25, 0.3) is 5.91 Å². The van der Waals surface area contributed by atoms with E-state index in [1.165, 1.54) is 70.3 Å². The highest BCUT2D eigenvalue weighted by atomic mass is 19.4. The van der Waals surface area contributed by atoms with Gasteiger partial charge in [-0.05, 0) is 299 Å². The highest BCUT2D eigenvalue weighted by molar-refractivity contribution is 5.98. The van der Waals surface area contributed by atoms with Gasteiger partial charge in [0.1, 0.15) is 68.6 Å². The molecular formula is C113H112F3N17O17. The Kier molecular flexibility index (Phi) is 39.3. The molecule has 772 valence electrons. The zero-order chi connectivity index (χ0) is 108. The maximum absolute atomic E-state index is 12.8. The quantitative estimate of drug-likeness (QED) is 0.0142. The zero-order valence-corrected chi connectivity index (χ0v) is 83.5. The van der Waals surface area contributed by atoms with Crippen molar-refractivity contribution in [2.24, 2.45) is 5.73 Å². The van der Waals surface area contributed by atoms with Crippen LogP contribution in [-0.2, 0) is 59.3 Å². The molecule has 0 aliphatic carbocycles. The highest BCUT2D eigenvalue weighted by Gasteiger charge is 2.26. The number of ketones is 3. The van der Waals surface area contributed by atoms with E-state index in [1.807, 2.05) is 130 Å². The van der Waals surface area contributed by atoms with E-state index in [2.05, 4.69) is 73.8 Å². The number of furan rings is 4. The van der Waals surface area contributed by atoms with E-state index >= 15 is 0 Å². The number of carbonyl (C=O) groups is 9. The molecule has 0 spiro atoms. The number of carboxylic acid groups (broad SMARTS) is 2. The van der Waals surface area contributed by atoms with E-state index in [9.17, 15) is 51.5 Å². The fraction of sp³-hybridized carbons (Fsp3) is 0.212. The number of rotatable bonds is 26. The van der Waals surface area contributed by atoms with Gasteiger partial charge in [0.15, 0.2) is 17.3 Å². The number of likely N-dealkylation sites (N-methyl/N-ethyl adjacent to an activating group) is 2. The van der Waals surface area contributed by atoms with Gasteiger partial charge in [-0.2, -0.15) is 13.2 Å². The lowest BCUT2D eigenvalue weighted by Gasteiger charge is -2.32. The Morgan fingerprint density at radius 3 is 0.940 bits per heavy atom. The number of benzene rings is 4. The van der Waals surface area contributed by atoms with Crippen molar-refractivity contribution in [3.8, 4) is 45.0 Å². The number of methoxy groups -OCH3 is 2. The van der Waals surface area contributed by atoms with Gasteiger partial charge in [-0.1, -0.05) is 0 Å². The molecule has 0 unspecified atom stereocenters. The van der Waals surface area contributed by atoms with Gasteiger partial charge in [0.05, 0.1) is 65.8 Å². The third-order valence-corrected chi connectivity index (χ3v) is 23.3. The second-order valence-corrected chi connectivity index (χ2v) is 34.9. The number of anilines is 4. The molecule has 0 bridgehead atoms. The van der Waals surface area contributed by atoms with E-state index < -0.39 is 36.3 Å². The van der Waals surface area contributed by atoms with Crippen LogP contribution in [0.15, 0.2) is 261 Å². The number of hydrogen-bond donors (Lipinski definition) is 8. The number of piperazine rings is 2. The highest BCUT2D eigenvalue weighted by Crippen LogP contribution is 2.36. The predicted molar refractivity (Wildman–Crippen MR) is 568 cm³/mol. The summed E-state index contributed by atoms with van der Waals surface area (Å²) < 4.78 is 64.4. The second kappa shape index (κ2) is 53.2. The molecule has 34 nitrogen and oxygen atoms in total. The monoisotopic (exact) mass is 2040 g/mol. The Morgan fingerprint density at radius 1 is 0.387 bits per heavy atom. The van der Waals surface area contributed by atoms with Crippen LogP contribution in [0.25, 0.3) is 113 Å². The normalized spacial score (nSPS) is 12.6. The summed E-state index contributed by atoms with van der Waals surface area (Å²) >= 11 is 0. The number of aryl methyl sites for hydroxylation is 7. The molecular weight excluding hydrogens is 1920 g/mol. The molecule has 0 saturated carbocycles. The number of aliphatic carboxylic acids is 1. The molecule has 150 heavy (non-hydrogen) atoms. The van der Waals surface area contributed by atoms with Crippen LogP contribution in [0.5, 0.6) is 0 Å². The number of halogens is 3. The van der Waals surface area contributed by atoms with Crippen molar-refractivity contribution in [2.75, 3.05) is 104 Å². The van der Waals surface area contributed by atoms with Gasteiger partial charge < -0.3 is 86.0 Å². The Bertz CT molecular complexity index is 7540. The zero-order valence-electron chi connectivity index (χ0n) is 83.5. The number of pyridine rings is 8. The molecule has 2 fully saturated rings. The summed E-state index contributed by atoms with van der Waals surface area (Å²) in [6, 6.07) is 51.5. The van der Waals surface area contributed by atoms with E-state index in [0.29, 0.717) is 96.3 Å². The Balaban J connectivity index is 0.000000166. The van der Waals surface area contributed by atoms with Crippen LogP contribution >= 0.6 is 0 Å². The van der Waals surface area contributed by atoms with Gasteiger partial charge >= 0.3 is 30.1 Å². The van der Waals surface area contributed by atoms with E-state index in [4.69, 9.17) is 66.1 Å². The molecule has 12 aromatic heterocycles. The number of carbonyl (C=O) groups excluding carboxylic acids is 7. The molecule has 2 saturated heterocycles. The Labute approximate surface area is 860 Å². The topological polar surface area (TPSA) is 520 Å². The van der Waals surface area contributed by atoms with Crippen molar-refractivity contribution >= 4 is 145 Å². The number of carboxylic acids is 2. The predicted octanol–water partition coefficient (Wildman–Crippen LogP) is 17.9. The Morgan fingerprint density at radius 2 is 0.680 bits per heavy atom. The molecule has 37 heteroatoms. The fourth-order valence-corrected chi connectivity index (χ4v) is 15.3. The Hall–Kier alpha value is -17.9. The smallest absolute Gasteiger partial charge is 0.446 e. The van der Waals surface area contributed by atoms with E-state index in [0.717, 1.165) is 191 Å². The summed E-state index contributed by atoms with van der Waals surface area (Å²) in [6.45, 7) is 16.2. The first-order valence-electron chi connectivity index (χ1n) is 47.3. The minimum Gasteiger partial charge on any atom is -0.478 e. The lowest BCUT2D eigenvalue weighted by molar-refractivity contribution is -0.156.